The number of aromatic nitrogens is 2. The van der Waals surface area contributed by atoms with Gasteiger partial charge in [-0.05, 0) is 105 Å². The van der Waals surface area contributed by atoms with Crippen LogP contribution in [0, 0.1) is 12.8 Å². The number of nitrogens with one attached hydrogen (secondary N) is 2. The van der Waals surface area contributed by atoms with Gasteiger partial charge in [0.25, 0.3) is 0 Å². The number of unbranched alkanes of at least 4 members (excludes halogenated alkanes) is 4. The second-order valence-electron chi connectivity index (χ2n) is 14.0. The first-order valence-electron chi connectivity index (χ1n) is 18.6. The lowest BCUT2D eigenvalue weighted by molar-refractivity contribution is 0.282. The highest BCUT2D eigenvalue weighted by atomic mass is 32.1. The van der Waals surface area contributed by atoms with Crippen LogP contribution in [0.15, 0.2) is 78.2 Å². The van der Waals surface area contributed by atoms with Crippen LogP contribution >= 0.6 is 11.3 Å². The van der Waals surface area contributed by atoms with Crippen molar-refractivity contribution in [2.75, 3.05) is 26.1 Å². The molecule has 2 heterocycles. The molecule has 1 aliphatic carbocycles. The summed E-state index contributed by atoms with van der Waals surface area (Å²) in [5, 5.41) is 10.1. The topological polar surface area (TPSA) is 68.3 Å². The molecule has 0 amide bonds. The summed E-state index contributed by atoms with van der Waals surface area (Å²) in [6, 6.07) is 26.1. The Bertz CT molecular complexity index is 1800. The first kappa shape index (κ1) is 35.9. The fraction of sp³-hybridized carbons (Fsp3) is 0.442. The maximum Gasteiger partial charge on any atom is 0.163 e. The summed E-state index contributed by atoms with van der Waals surface area (Å²) < 4.78 is 12.1. The number of thiophene rings is 1. The first-order chi connectivity index (χ1) is 24.5. The van der Waals surface area contributed by atoms with E-state index in [9.17, 15) is 0 Å². The van der Waals surface area contributed by atoms with Crippen LogP contribution in [-0.2, 0) is 6.54 Å². The maximum atomic E-state index is 6.28. The van der Waals surface area contributed by atoms with E-state index >= 15 is 0 Å². The Balaban J connectivity index is 0.978. The smallest absolute Gasteiger partial charge is 0.163 e. The average Bonchev–Trinajstić information content (AvgIpc) is 3.64. The van der Waals surface area contributed by atoms with Crippen LogP contribution in [-0.4, -0.2) is 30.7 Å². The molecule has 1 atom stereocenters. The molecule has 5 aromatic rings. The molecule has 6 nitrogen and oxygen atoms in total. The molecule has 0 bridgehead atoms. The van der Waals surface area contributed by atoms with Crippen LogP contribution in [0.5, 0.6) is 11.5 Å². The number of aryl methyl sites for hydroxylation is 1. The van der Waals surface area contributed by atoms with Crippen molar-refractivity contribution in [3.05, 3.63) is 100 Å². The summed E-state index contributed by atoms with van der Waals surface area (Å²) in [5.74, 6) is 4.68. The highest BCUT2D eigenvalue weighted by Gasteiger charge is 2.22. The monoisotopic (exact) mass is 690 g/mol. The molecule has 2 aromatic heterocycles. The minimum Gasteiger partial charge on any atom is -0.493 e. The average molecular weight is 691 g/mol. The molecule has 3 aromatic carbocycles. The number of hydrogen-bond donors (Lipinski definition) is 2. The fourth-order valence-corrected chi connectivity index (χ4v) is 8.45. The van der Waals surface area contributed by atoms with Gasteiger partial charge in [0, 0.05) is 22.9 Å². The number of benzene rings is 3. The van der Waals surface area contributed by atoms with Gasteiger partial charge >= 0.3 is 0 Å². The lowest BCUT2D eigenvalue weighted by Crippen LogP contribution is -2.13. The summed E-state index contributed by atoms with van der Waals surface area (Å²) in [7, 11) is 3.69. The van der Waals surface area contributed by atoms with Crippen molar-refractivity contribution in [2.24, 2.45) is 5.92 Å². The van der Waals surface area contributed by atoms with Gasteiger partial charge in [-0.2, -0.15) is 0 Å². The number of rotatable bonds is 17. The molecule has 1 fully saturated rings. The third kappa shape index (κ3) is 9.23. The van der Waals surface area contributed by atoms with E-state index in [0.717, 1.165) is 53.1 Å². The summed E-state index contributed by atoms with van der Waals surface area (Å²) >= 11 is 1.77. The lowest BCUT2D eigenvalue weighted by Gasteiger charge is -2.28. The van der Waals surface area contributed by atoms with E-state index in [1.165, 1.54) is 84.9 Å². The molecule has 1 unspecified atom stereocenters. The third-order valence-corrected chi connectivity index (χ3v) is 11.4. The van der Waals surface area contributed by atoms with Crippen LogP contribution in [0.3, 0.4) is 0 Å². The van der Waals surface area contributed by atoms with Gasteiger partial charge in [0.15, 0.2) is 11.5 Å². The SMILES string of the molecule is CNCc1ccccc1-c1csc(C(C)Nc2nc(C)nc3cc(OCCCCCCCC4CCC(c5ccccc5)CC4)c(OC)cc23)c1. The molecule has 0 spiro atoms. The van der Waals surface area contributed by atoms with Crippen LogP contribution in [0.1, 0.15) is 105 Å². The largest absolute Gasteiger partial charge is 0.493 e. The number of hydrogen-bond acceptors (Lipinski definition) is 7. The number of nitrogens with zero attached hydrogens (tertiary/aromatic N) is 2. The first-order valence-corrected chi connectivity index (χ1v) is 19.5. The zero-order valence-corrected chi connectivity index (χ0v) is 31.2. The zero-order chi connectivity index (χ0) is 34.7. The second kappa shape index (κ2) is 17.8. The number of anilines is 1. The van der Waals surface area contributed by atoms with Gasteiger partial charge in [0.05, 0.1) is 25.3 Å². The second-order valence-corrected chi connectivity index (χ2v) is 14.9. The highest BCUT2D eigenvalue weighted by Crippen LogP contribution is 2.39. The van der Waals surface area contributed by atoms with E-state index in [1.807, 2.05) is 26.1 Å². The van der Waals surface area contributed by atoms with Crippen molar-refractivity contribution in [2.45, 2.75) is 96.6 Å². The van der Waals surface area contributed by atoms with Gasteiger partial charge < -0.3 is 20.1 Å². The van der Waals surface area contributed by atoms with Gasteiger partial charge in [-0.3, -0.25) is 0 Å². The molecular weight excluding hydrogens is 637 g/mol. The molecule has 0 saturated heterocycles. The minimum atomic E-state index is 0.0688. The number of ether oxygens (including phenoxy) is 2. The molecule has 2 N–H and O–H groups in total. The number of methoxy groups -OCH3 is 1. The summed E-state index contributed by atoms with van der Waals surface area (Å²) in [6.07, 6.45) is 13.1. The van der Waals surface area contributed by atoms with Gasteiger partial charge in [-0.15, -0.1) is 11.3 Å². The molecule has 0 radical (unpaired) electrons. The van der Waals surface area contributed by atoms with Crippen molar-refractivity contribution in [3.8, 4) is 22.6 Å². The van der Waals surface area contributed by atoms with Crippen molar-refractivity contribution < 1.29 is 9.47 Å². The number of fused-ring (bicyclic) bond motifs is 1. The van der Waals surface area contributed by atoms with E-state index in [4.69, 9.17) is 19.4 Å². The van der Waals surface area contributed by atoms with Crippen molar-refractivity contribution in [3.63, 3.8) is 0 Å². The van der Waals surface area contributed by atoms with E-state index in [0.29, 0.717) is 12.4 Å². The van der Waals surface area contributed by atoms with Gasteiger partial charge in [0.1, 0.15) is 11.6 Å². The van der Waals surface area contributed by atoms with Crippen molar-refractivity contribution >= 4 is 28.1 Å². The fourth-order valence-electron chi connectivity index (χ4n) is 7.54. The van der Waals surface area contributed by atoms with Gasteiger partial charge in [-0.25, -0.2) is 9.97 Å². The normalized spacial score (nSPS) is 16.7. The molecular formula is C43H54N4O2S. The van der Waals surface area contributed by atoms with E-state index in [2.05, 4.69) is 83.6 Å². The highest BCUT2D eigenvalue weighted by molar-refractivity contribution is 7.10. The lowest BCUT2D eigenvalue weighted by atomic mass is 9.77. The van der Waals surface area contributed by atoms with Gasteiger partial charge in [0.2, 0.25) is 0 Å². The Morgan fingerprint density at radius 2 is 1.62 bits per heavy atom. The van der Waals surface area contributed by atoms with E-state index in [-0.39, 0.29) is 6.04 Å². The minimum absolute atomic E-state index is 0.0688. The maximum absolute atomic E-state index is 6.28. The van der Waals surface area contributed by atoms with Crippen molar-refractivity contribution in [1.29, 1.82) is 0 Å². The molecule has 7 heteroatoms. The molecule has 6 rings (SSSR count). The summed E-state index contributed by atoms with van der Waals surface area (Å²) in [5.41, 5.74) is 6.20. The van der Waals surface area contributed by atoms with E-state index in [1.54, 1.807) is 18.4 Å². The predicted molar refractivity (Wildman–Crippen MR) is 210 cm³/mol. The molecule has 1 aliphatic rings. The Kier molecular flexibility index (Phi) is 12.8. The van der Waals surface area contributed by atoms with Crippen molar-refractivity contribution in [1.82, 2.24) is 15.3 Å². The quantitative estimate of drug-likeness (QED) is 0.0947. The Morgan fingerprint density at radius 1 is 0.860 bits per heavy atom. The standard InChI is InChI=1S/C43H54N4O2S/c1-30(42-25-36(29-50-42)37-19-13-12-18-35(37)28-44-3)45-43-38-26-40(48-4)41(27-39(38)46-31(2)47-43)49-24-14-7-5-6-9-15-32-20-22-34(23-21-32)33-16-10-8-11-17-33/h8,10-13,16-19,25-27,29-30,32,34,44H,5-7,9,14-15,20-24,28H2,1-4H3,(H,45,46,47). The van der Waals surface area contributed by atoms with Crippen LogP contribution in [0.4, 0.5) is 5.82 Å². The Hall–Kier alpha value is -3.94. The molecule has 1 saturated carbocycles. The zero-order valence-electron chi connectivity index (χ0n) is 30.3. The predicted octanol–water partition coefficient (Wildman–Crippen LogP) is 11.3. The summed E-state index contributed by atoms with van der Waals surface area (Å²) in [4.78, 5) is 10.8. The van der Waals surface area contributed by atoms with Crippen LogP contribution in [0.2, 0.25) is 0 Å². The molecule has 50 heavy (non-hydrogen) atoms. The Labute approximate surface area is 303 Å². The molecule has 264 valence electrons. The third-order valence-electron chi connectivity index (χ3n) is 10.3. The van der Waals surface area contributed by atoms with Crippen LogP contribution < -0.4 is 20.1 Å². The van der Waals surface area contributed by atoms with E-state index < -0.39 is 0 Å². The van der Waals surface area contributed by atoms with Crippen LogP contribution in [0.25, 0.3) is 22.0 Å². The molecule has 0 aliphatic heterocycles. The van der Waals surface area contributed by atoms with Gasteiger partial charge in [-0.1, -0.05) is 86.7 Å². The summed E-state index contributed by atoms with van der Waals surface area (Å²) in [6.45, 7) is 5.64. The Morgan fingerprint density at radius 3 is 2.42 bits per heavy atom.